The lowest BCUT2D eigenvalue weighted by molar-refractivity contribution is 0.00339. The van der Waals surface area contributed by atoms with Crippen LogP contribution in [0.1, 0.15) is 33.6 Å². The molecule has 36 heavy (non-hydrogen) atoms. The van der Waals surface area contributed by atoms with Gasteiger partial charge in [0.15, 0.2) is 5.13 Å². The molecule has 0 atom stereocenters. The molecule has 2 aromatic heterocycles. The van der Waals surface area contributed by atoms with Crippen molar-refractivity contribution in [1.29, 1.82) is 0 Å². The standard InChI is InChI=1S/C25H28N4O6S/c1-25(2,3)35-23(30)28-22-27-18-5-4-15(13-20(18)36-22)16-12-19-21(26-14-16)33-11-8-29(19)24(31)34-17-6-9-32-10-7-17/h4-5,12-14,17H,6-11H2,1-3H3,(H,27,28,30). The summed E-state index contributed by atoms with van der Waals surface area (Å²) in [5.74, 6) is 0.400. The zero-order valence-electron chi connectivity index (χ0n) is 20.4. The Labute approximate surface area is 212 Å². The number of benzene rings is 1. The smallest absolute Gasteiger partial charge is 0.414 e. The Hall–Kier alpha value is -3.44. The van der Waals surface area contributed by atoms with Crippen LogP contribution < -0.4 is 15.0 Å². The number of ether oxygens (including phenoxy) is 4. The average molecular weight is 513 g/mol. The fourth-order valence-corrected chi connectivity index (χ4v) is 4.89. The van der Waals surface area contributed by atoms with Crippen molar-refractivity contribution in [2.45, 2.75) is 45.3 Å². The quantitative estimate of drug-likeness (QED) is 0.508. The Bertz CT molecular complexity index is 1280. The maximum atomic E-state index is 13.0. The van der Waals surface area contributed by atoms with Crippen molar-refractivity contribution in [3.8, 4) is 17.0 Å². The molecule has 0 radical (unpaired) electrons. The number of fused-ring (bicyclic) bond motifs is 2. The van der Waals surface area contributed by atoms with Gasteiger partial charge in [0.2, 0.25) is 5.88 Å². The Kier molecular flexibility index (Phi) is 6.67. The number of rotatable bonds is 3. The van der Waals surface area contributed by atoms with Gasteiger partial charge in [-0.3, -0.25) is 10.2 Å². The van der Waals surface area contributed by atoms with E-state index < -0.39 is 17.8 Å². The molecule has 1 fully saturated rings. The molecule has 2 aliphatic rings. The van der Waals surface area contributed by atoms with Crippen LogP contribution in [0.3, 0.4) is 0 Å². The SMILES string of the molecule is CC(C)(C)OC(=O)Nc1nc2ccc(-c3cnc4c(c3)N(C(=O)OC3CCOCC3)CCO4)cc2s1. The molecule has 1 N–H and O–H groups in total. The summed E-state index contributed by atoms with van der Waals surface area (Å²) >= 11 is 1.35. The molecule has 4 heterocycles. The summed E-state index contributed by atoms with van der Waals surface area (Å²) in [7, 11) is 0. The third-order valence-corrected chi connectivity index (χ3v) is 6.60. The van der Waals surface area contributed by atoms with Crippen molar-refractivity contribution in [3.05, 3.63) is 30.5 Å². The highest BCUT2D eigenvalue weighted by Crippen LogP contribution is 2.36. The van der Waals surface area contributed by atoms with Crippen LogP contribution in [0.5, 0.6) is 5.88 Å². The minimum atomic E-state index is -0.595. The lowest BCUT2D eigenvalue weighted by Gasteiger charge is -2.31. The number of carbonyl (C=O) groups is 2. The molecular formula is C25H28N4O6S. The van der Waals surface area contributed by atoms with Gasteiger partial charge < -0.3 is 18.9 Å². The number of thiazole rings is 1. The second kappa shape index (κ2) is 9.90. The third-order valence-electron chi connectivity index (χ3n) is 5.66. The van der Waals surface area contributed by atoms with Gasteiger partial charge in [-0.25, -0.2) is 19.6 Å². The normalized spacial score (nSPS) is 16.2. The monoisotopic (exact) mass is 512 g/mol. The molecular weight excluding hydrogens is 484 g/mol. The zero-order chi connectivity index (χ0) is 25.3. The lowest BCUT2D eigenvalue weighted by Crippen LogP contribution is -2.41. The molecule has 0 bridgehead atoms. The van der Waals surface area contributed by atoms with Crippen molar-refractivity contribution in [3.63, 3.8) is 0 Å². The van der Waals surface area contributed by atoms with Crippen molar-refractivity contribution in [2.24, 2.45) is 0 Å². The first kappa shape index (κ1) is 24.3. The first-order valence-electron chi connectivity index (χ1n) is 11.8. The number of aromatic nitrogens is 2. The van der Waals surface area contributed by atoms with E-state index in [-0.39, 0.29) is 6.10 Å². The second-order valence-corrected chi connectivity index (χ2v) is 10.6. The van der Waals surface area contributed by atoms with Gasteiger partial charge in [-0.2, -0.15) is 0 Å². The summed E-state index contributed by atoms with van der Waals surface area (Å²) in [6.07, 6.45) is 2.01. The van der Waals surface area contributed by atoms with Gasteiger partial charge in [0.05, 0.1) is 30.0 Å². The molecule has 3 aromatic rings. The van der Waals surface area contributed by atoms with E-state index in [4.69, 9.17) is 18.9 Å². The summed E-state index contributed by atoms with van der Waals surface area (Å²) in [4.78, 5) is 35.6. The van der Waals surface area contributed by atoms with Gasteiger partial charge in [0.25, 0.3) is 0 Å². The minimum Gasteiger partial charge on any atom is -0.474 e. The summed E-state index contributed by atoms with van der Waals surface area (Å²) in [6, 6.07) is 7.67. The number of nitrogens with zero attached hydrogens (tertiary/aromatic N) is 3. The number of anilines is 2. The molecule has 1 saturated heterocycles. The second-order valence-electron chi connectivity index (χ2n) is 9.57. The van der Waals surface area contributed by atoms with Crippen LogP contribution in [-0.2, 0) is 14.2 Å². The van der Waals surface area contributed by atoms with Crippen LogP contribution in [0, 0.1) is 0 Å². The predicted octanol–water partition coefficient (Wildman–Crippen LogP) is 5.22. The van der Waals surface area contributed by atoms with Crippen molar-refractivity contribution in [2.75, 3.05) is 36.6 Å². The number of pyridine rings is 1. The van der Waals surface area contributed by atoms with Crippen molar-refractivity contribution < 1.29 is 28.5 Å². The van der Waals surface area contributed by atoms with Crippen molar-refractivity contribution in [1.82, 2.24) is 9.97 Å². The van der Waals surface area contributed by atoms with Gasteiger partial charge in [-0.05, 0) is 44.5 Å². The van der Waals surface area contributed by atoms with E-state index in [9.17, 15) is 9.59 Å². The fourth-order valence-electron chi connectivity index (χ4n) is 4.00. The summed E-state index contributed by atoms with van der Waals surface area (Å²) in [5.41, 5.74) is 2.45. The van der Waals surface area contributed by atoms with E-state index in [1.807, 2.05) is 24.3 Å². The molecule has 0 saturated carbocycles. The van der Waals surface area contributed by atoms with Crippen LogP contribution in [0.15, 0.2) is 30.5 Å². The molecule has 2 aliphatic heterocycles. The van der Waals surface area contributed by atoms with Crippen LogP contribution >= 0.6 is 11.3 Å². The van der Waals surface area contributed by atoms with E-state index in [0.29, 0.717) is 55.9 Å². The summed E-state index contributed by atoms with van der Waals surface area (Å²) < 4.78 is 23.0. The van der Waals surface area contributed by atoms with E-state index >= 15 is 0 Å². The highest BCUT2D eigenvalue weighted by molar-refractivity contribution is 7.22. The molecule has 1 aromatic carbocycles. The Balaban J connectivity index is 1.36. The van der Waals surface area contributed by atoms with Gasteiger partial charge in [0.1, 0.15) is 24.0 Å². The molecule has 11 heteroatoms. The first-order valence-corrected chi connectivity index (χ1v) is 12.7. The Morgan fingerprint density at radius 1 is 1.14 bits per heavy atom. The van der Waals surface area contributed by atoms with Crippen molar-refractivity contribution >= 4 is 44.6 Å². The predicted molar refractivity (Wildman–Crippen MR) is 136 cm³/mol. The topological polar surface area (TPSA) is 112 Å². The lowest BCUT2D eigenvalue weighted by atomic mass is 10.1. The van der Waals surface area contributed by atoms with Gasteiger partial charge in [-0.15, -0.1) is 0 Å². The molecule has 190 valence electrons. The van der Waals surface area contributed by atoms with Crippen LogP contribution in [-0.4, -0.2) is 60.2 Å². The number of hydrogen-bond acceptors (Lipinski definition) is 9. The van der Waals surface area contributed by atoms with E-state index in [1.54, 1.807) is 31.9 Å². The maximum Gasteiger partial charge on any atom is 0.414 e. The van der Waals surface area contributed by atoms with Crippen LogP contribution in [0.4, 0.5) is 20.4 Å². The third kappa shape index (κ3) is 5.52. The Morgan fingerprint density at radius 2 is 1.94 bits per heavy atom. The largest absolute Gasteiger partial charge is 0.474 e. The summed E-state index contributed by atoms with van der Waals surface area (Å²) in [5, 5.41) is 3.15. The van der Waals surface area contributed by atoms with Crippen LogP contribution in [0.25, 0.3) is 21.3 Å². The highest BCUT2D eigenvalue weighted by Gasteiger charge is 2.29. The first-order chi connectivity index (χ1) is 17.2. The van der Waals surface area contributed by atoms with Gasteiger partial charge in [-0.1, -0.05) is 17.4 Å². The highest BCUT2D eigenvalue weighted by atomic mass is 32.1. The number of amides is 2. The van der Waals surface area contributed by atoms with Gasteiger partial charge >= 0.3 is 12.2 Å². The summed E-state index contributed by atoms with van der Waals surface area (Å²) in [6.45, 7) is 7.34. The van der Waals surface area contributed by atoms with Crippen LogP contribution in [0.2, 0.25) is 0 Å². The van der Waals surface area contributed by atoms with E-state index in [1.165, 1.54) is 11.3 Å². The fraction of sp³-hybridized carbons (Fsp3) is 0.440. The zero-order valence-corrected chi connectivity index (χ0v) is 21.2. The molecule has 0 spiro atoms. The Morgan fingerprint density at radius 3 is 2.72 bits per heavy atom. The average Bonchev–Trinajstić information content (AvgIpc) is 3.24. The number of nitrogens with one attached hydrogen (secondary N) is 1. The van der Waals surface area contributed by atoms with E-state index in [2.05, 4.69) is 15.3 Å². The molecule has 5 rings (SSSR count). The molecule has 0 aliphatic carbocycles. The number of hydrogen-bond donors (Lipinski definition) is 1. The molecule has 10 nitrogen and oxygen atoms in total. The molecule has 0 unspecified atom stereocenters. The molecule has 2 amide bonds. The van der Waals surface area contributed by atoms with Gasteiger partial charge in [0, 0.05) is 24.6 Å². The number of carbonyl (C=O) groups excluding carboxylic acids is 2. The van der Waals surface area contributed by atoms with E-state index in [0.717, 1.165) is 21.3 Å². The maximum absolute atomic E-state index is 13.0. The minimum absolute atomic E-state index is 0.147.